The van der Waals surface area contributed by atoms with Gasteiger partial charge in [0.25, 0.3) is 5.89 Å². The third kappa shape index (κ3) is 7.46. The summed E-state index contributed by atoms with van der Waals surface area (Å²) in [5.41, 5.74) is 1.06. The number of hydrogen-bond acceptors (Lipinski definition) is 6. The predicted octanol–water partition coefficient (Wildman–Crippen LogP) is 4.44. The van der Waals surface area contributed by atoms with Gasteiger partial charge < -0.3 is 14.2 Å². The molecule has 1 saturated heterocycles. The van der Waals surface area contributed by atoms with E-state index in [2.05, 4.69) is 22.1 Å². The van der Waals surface area contributed by atoms with Gasteiger partial charge in [0, 0.05) is 39.1 Å². The molecule has 11 heteroatoms. The molecule has 2 heterocycles. The normalized spacial score (nSPS) is 15.4. The van der Waals surface area contributed by atoms with Gasteiger partial charge in [0.15, 0.2) is 0 Å². The summed E-state index contributed by atoms with van der Waals surface area (Å²) in [6.07, 6.45) is 1.75. The largest absolute Gasteiger partial charge is 0.415 e. The molecule has 0 N–H and O–H groups in total. The van der Waals surface area contributed by atoms with Crippen molar-refractivity contribution in [1.29, 1.82) is 0 Å². The van der Waals surface area contributed by atoms with E-state index < -0.39 is 28.9 Å². The van der Waals surface area contributed by atoms with Crippen molar-refractivity contribution in [2.75, 3.05) is 31.3 Å². The first-order valence-electron chi connectivity index (χ1n) is 11.0. The monoisotopic (exact) mass is 508 g/mol. The van der Waals surface area contributed by atoms with Crippen LogP contribution in [0.2, 0.25) is 0 Å². The number of piperidine rings is 1. The highest BCUT2D eigenvalue weighted by molar-refractivity contribution is 7.84. The Labute approximate surface area is 204 Å². The molecule has 0 aliphatic carbocycles. The molecule has 1 amide bonds. The number of rotatable bonds is 7. The number of aromatic nitrogens is 2. The zero-order chi connectivity index (χ0) is 25.4. The molecule has 1 aliphatic rings. The number of para-hydroxylation sites is 1. The molecule has 3 aromatic rings. The zero-order valence-electron chi connectivity index (χ0n) is 19.4. The van der Waals surface area contributed by atoms with Crippen LogP contribution in [-0.2, 0) is 22.1 Å². The summed E-state index contributed by atoms with van der Waals surface area (Å²) < 4.78 is 55.1. The quantitative estimate of drug-likeness (QED) is 0.439. The molecule has 1 unspecified atom stereocenters. The van der Waals surface area contributed by atoms with E-state index in [1.165, 1.54) is 17.0 Å². The van der Waals surface area contributed by atoms with Gasteiger partial charge in [0.05, 0.1) is 6.54 Å². The number of hydrogen-bond donors (Lipinski definition) is 0. The number of alkyl halides is 2. The average molecular weight is 509 g/mol. The minimum atomic E-state index is -2.89. The van der Waals surface area contributed by atoms with Crippen molar-refractivity contribution in [1.82, 2.24) is 15.1 Å². The molecule has 1 fully saturated rings. The van der Waals surface area contributed by atoms with Crippen molar-refractivity contribution in [2.24, 2.45) is 0 Å². The molecule has 4 rings (SSSR count). The molecule has 0 bridgehead atoms. The van der Waals surface area contributed by atoms with E-state index in [0.29, 0.717) is 17.3 Å². The Bertz CT molecular complexity index is 1120. The molecule has 1 aliphatic heterocycles. The van der Waals surface area contributed by atoms with E-state index in [9.17, 15) is 22.2 Å². The maximum absolute atomic E-state index is 14.3. The highest BCUT2D eigenvalue weighted by atomic mass is 32.2. The third-order valence-corrected chi connectivity index (χ3v) is 7.03. The lowest BCUT2D eigenvalue weighted by molar-refractivity contribution is -0.107. The Balaban J connectivity index is 0.000000287. The van der Waals surface area contributed by atoms with Gasteiger partial charge in [0.2, 0.25) is 12.3 Å². The molecule has 7 nitrogen and oxygen atoms in total. The van der Waals surface area contributed by atoms with Crippen LogP contribution in [0.25, 0.3) is 11.5 Å². The van der Waals surface area contributed by atoms with Gasteiger partial charge in [0.1, 0.15) is 5.82 Å². The molecular weight excluding hydrogens is 481 g/mol. The van der Waals surface area contributed by atoms with Gasteiger partial charge >= 0.3 is 6.43 Å². The molecule has 0 spiro atoms. The van der Waals surface area contributed by atoms with Crippen molar-refractivity contribution < 1.29 is 26.6 Å². The zero-order valence-corrected chi connectivity index (χ0v) is 20.3. The van der Waals surface area contributed by atoms with Crippen molar-refractivity contribution in [2.45, 2.75) is 31.1 Å². The molecular formula is C24H27F3N4O3S. The van der Waals surface area contributed by atoms with Crippen LogP contribution in [-0.4, -0.2) is 57.4 Å². The molecule has 1 aromatic heterocycles. The predicted molar refractivity (Wildman–Crippen MR) is 128 cm³/mol. The van der Waals surface area contributed by atoms with Gasteiger partial charge in [-0.25, -0.2) is 4.39 Å². The van der Waals surface area contributed by atoms with Crippen molar-refractivity contribution in [3.63, 3.8) is 0 Å². The first-order valence-corrected chi connectivity index (χ1v) is 12.6. The maximum atomic E-state index is 14.3. The number of carbonyl (C=O) groups excluding carboxylic acids is 1. The van der Waals surface area contributed by atoms with Gasteiger partial charge in [-0.1, -0.05) is 24.3 Å². The number of halogens is 3. The summed E-state index contributed by atoms with van der Waals surface area (Å²) in [5, 5.41) is 7.14. The van der Waals surface area contributed by atoms with E-state index in [1.54, 1.807) is 30.3 Å². The van der Waals surface area contributed by atoms with Crippen molar-refractivity contribution in [3.05, 3.63) is 65.8 Å². The molecule has 0 saturated carbocycles. The van der Waals surface area contributed by atoms with Crippen LogP contribution in [0, 0.1) is 5.82 Å². The smallest absolute Gasteiger partial charge is 0.314 e. The first-order chi connectivity index (χ1) is 16.8. The Morgan fingerprint density at radius 3 is 2.40 bits per heavy atom. The highest BCUT2D eigenvalue weighted by Crippen LogP contribution is 2.25. The van der Waals surface area contributed by atoms with Crippen LogP contribution in [0.15, 0.2) is 52.9 Å². The van der Waals surface area contributed by atoms with Crippen LogP contribution in [0.5, 0.6) is 0 Å². The summed E-state index contributed by atoms with van der Waals surface area (Å²) in [7, 11) is 1.53. The van der Waals surface area contributed by atoms with Crippen LogP contribution >= 0.6 is 0 Å². The third-order valence-electron chi connectivity index (χ3n) is 5.62. The minimum absolute atomic E-state index is 0.0196. The Kier molecular flexibility index (Phi) is 9.55. The highest BCUT2D eigenvalue weighted by Gasteiger charge is 2.19. The molecule has 2 aromatic carbocycles. The Morgan fingerprint density at radius 1 is 1.17 bits per heavy atom. The lowest BCUT2D eigenvalue weighted by Crippen LogP contribution is -2.34. The molecule has 35 heavy (non-hydrogen) atoms. The fourth-order valence-electron chi connectivity index (χ4n) is 3.56. The molecule has 188 valence electrons. The van der Waals surface area contributed by atoms with Gasteiger partial charge in [-0.3, -0.25) is 9.00 Å². The lowest BCUT2D eigenvalue weighted by Gasteiger charge is -2.27. The second-order valence-corrected chi connectivity index (χ2v) is 9.79. The van der Waals surface area contributed by atoms with Crippen molar-refractivity contribution >= 4 is 22.9 Å². The summed E-state index contributed by atoms with van der Waals surface area (Å²) >= 11 is 0. The van der Waals surface area contributed by atoms with E-state index in [1.807, 2.05) is 6.26 Å². The standard InChI is InChI=1S/C17H12F3N3O2.C7H15NOS/c18-14-8-11(16-21-22-17(25-16)15(19)20)6-7-12(14)9-23(10-24)13-4-2-1-3-5-13;1-8-5-3-7(4-6-8)10(2)9/h1-8,10,15H,9H2;7H,3-6H2,1-2H3. The summed E-state index contributed by atoms with van der Waals surface area (Å²) in [5.74, 6) is -1.64. The number of likely N-dealkylation sites (tertiary alicyclic amines) is 1. The summed E-state index contributed by atoms with van der Waals surface area (Å²) in [6, 6.07) is 12.8. The van der Waals surface area contributed by atoms with E-state index in [0.717, 1.165) is 32.0 Å². The second-order valence-electron chi connectivity index (χ2n) is 8.12. The lowest BCUT2D eigenvalue weighted by atomic mass is 10.1. The number of anilines is 1. The van der Waals surface area contributed by atoms with Crippen molar-refractivity contribution in [3.8, 4) is 11.5 Å². The van der Waals surface area contributed by atoms with Gasteiger partial charge in [-0.15, -0.1) is 10.2 Å². The Hall–Kier alpha value is -3.05. The minimum Gasteiger partial charge on any atom is -0.415 e. The fourth-order valence-corrected chi connectivity index (χ4v) is 4.43. The van der Waals surface area contributed by atoms with Gasteiger partial charge in [-0.05, 0) is 57.2 Å². The second kappa shape index (κ2) is 12.6. The van der Waals surface area contributed by atoms with Crippen LogP contribution in [0.3, 0.4) is 0 Å². The van der Waals surface area contributed by atoms with E-state index >= 15 is 0 Å². The van der Waals surface area contributed by atoms with Crippen LogP contribution in [0.4, 0.5) is 18.9 Å². The summed E-state index contributed by atoms with van der Waals surface area (Å²) in [6.45, 7) is 2.25. The summed E-state index contributed by atoms with van der Waals surface area (Å²) in [4.78, 5) is 14.9. The Morgan fingerprint density at radius 2 is 1.86 bits per heavy atom. The first kappa shape index (κ1) is 26.6. The topological polar surface area (TPSA) is 79.5 Å². The SMILES string of the molecule is CN1CCC(S(C)=O)CC1.O=CN(Cc1ccc(-c2nnc(C(F)F)o2)cc1F)c1ccccc1. The number of carbonyl (C=O) groups is 1. The molecule has 0 radical (unpaired) electrons. The molecule has 1 atom stereocenters. The number of nitrogens with zero attached hydrogens (tertiary/aromatic N) is 4. The van der Waals surface area contributed by atoms with E-state index in [-0.39, 0.29) is 23.6 Å². The van der Waals surface area contributed by atoms with Crippen LogP contribution in [0.1, 0.15) is 30.7 Å². The van der Waals surface area contributed by atoms with E-state index in [4.69, 9.17) is 4.42 Å². The number of benzene rings is 2. The maximum Gasteiger partial charge on any atom is 0.314 e. The van der Waals surface area contributed by atoms with Gasteiger partial charge in [-0.2, -0.15) is 8.78 Å². The fraction of sp³-hybridized carbons (Fsp3) is 0.375. The number of amides is 1. The van der Waals surface area contributed by atoms with Crippen LogP contribution < -0.4 is 4.90 Å². The average Bonchev–Trinajstić information content (AvgIpc) is 3.35.